The number of sulfonamides is 1. The number of nitrogens with one attached hydrogen (secondary N) is 2. The average molecular weight is 299 g/mol. The van der Waals surface area contributed by atoms with E-state index in [1.54, 1.807) is 6.07 Å². The van der Waals surface area contributed by atoms with Gasteiger partial charge in [-0.15, -0.1) is 0 Å². The third-order valence-corrected chi connectivity index (χ3v) is 4.57. The fraction of sp³-hybridized carbons (Fsp3) is 0.500. The number of anilines is 1. The normalized spacial score (nSPS) is 20.6. The molecule has 1 aromatic heterocycles. The molecule has 1 saturated heterocycles. The Morgan fingerprint density at radius 1 is 1.50 bits per heavy atom. The quantitative estimate of drug-likeness (QED) is 0.819. The molecule has 0 saturated carbocycles. The van der Waals surface area contributed by atoms with E-state index in [-0.39, 0.29) is 23.7 Å². The highest BCUT2D eigenvalue weighted by Gasteiger charge is 2.30. The van der Waals surface area contributed by atoms with Crippen LogP contribution >= 0.6 is 0 Å². The number of H-pyrrole nitrogens is 1. The first-order valence-corrected chi connectivity index (χ1v) is 8.16. The summed E-state index contributed by atoms with van der Waals surface area (Å²) < 4.78 is 24.3. The van der Waals surface area contributed by atoms with E-state index >= 15 is 0 Å². The zero-order valence-corrected chi connectivity index (χ0v) is 11.9. The Kier molecular flexibility index (Phi) is 4.24. The van der Waals surface area contributed by atoms with Crippen LogP contribution in [-0.2, 0) is 14.8 Å². The van der Waals surface area contributed by atoms with E-state index in [1.165, 1.54) is 16.6 Å². The molecule has 1 aliphatic rings. The smallest absolute Gasteiger partial charge is 0.271 e. The van der Waals surface area contributed by atoms with Crippen molar-refractivity contribution in [2.45, 2.75) is 12.8 Å². The first kappa shape index (κ1) is 14.7. The summed E-state index contributed by atoms with van der Waals surface area (Å²) in [5.74, 6) is -0.756. The summed E-state index contributed by atoms with van der Waals surface area (Å²) in [6.07, 6.45) is 3.86. The maximum absolute atomic E-state index is 12.1. The minimum absolute atomic E-state index is 0.162. The standard InChI is InChI=1S/C12H17N3O4S/c1-20(18,19)15-7-3-4-9(8-15)11(16)14-10-5-2-6-13-12(10)17/h2,5-6,9H,3-4,7-8H2,1H3,(H,13,17)(H,14,16)/t9-/m1/s1. The predicted molar refractivity (Wildman–Crippen MR) is 74.8 cm³/mol. The number of aromatic nitrogens is 1. The van der Waals surface area contributed by atoms with Crippen LogP contribution in [0.2, 0.25) is 0 Å². The van der Waals surface area contributed by atoms with E-state index in [0.717, 1.165) is 6.26 Å². The number of hydrogen-bond acceptors (Lipinski definition) is 4. The van der Waals surface area contributed by atoms with Gasteiger partial charge in [0.25, 0.3) is 5.56 Å². The summed E-state index contributed by atoms with van der Waals surface area (Å²) in [5, 5.41) is 2.55. The van der Waals surface area contributed by atoms with E-state index < -0.39 is 15.9 Å². The molecule has 1 amide bonds. The van der Waals surface area contributed by atoms with Crippen molar-refractivity contribution in [1.82, 2.24) is 9.29 Å². The molecule has 2 rings (SSSR count). The van der Waals surface area contributed by atoms with Crippen LogP contribution in [0, 0.1) is 5.92 Å². The van der Waals surface area contributed by atoms with Crippen molar-refractivity contribution in [3.8, 4) is 0 Å². The largest absolute Gasteiger partial charge is 0.327 e. The van der Waals surface area contributed by atoms with Crippen molar-refractivity contribution in [3.63, 3.8) is 0 Å². The van der Waals surface area contributed by atoms with Crippen LogP contribution < -0.4 is 10.9 Å². The molecule has 2 heterocycles. The molecule has 0 radical (unpaired) electrons. The number of aromatic amines is 1. The van der Waals surface area contributed by atoms with Crippen molar-refractivity contribution in [1.29, 1.82) is 0 Å². The lowest BCUT2D eigenvalue weighted by Crippen LogP contribution is -2.43. The van der Waals surface area contributed by atoms with Gasteiger partial charge < -0.3 is 10.3 Å². The zero-order chi connectivity index (χ0) is 14.8. The fourth-order valence-corrected chi connectivity index (χ4v) is 3.12. The van der Waals surface area contributed by atoms with Crippen molar-refractivity contribution in [2.24, 2.45) is 5.92 Å². The highest BCUT2D eigenvalue weighted by atomic mass is 32.2. The molecule has 1 aliphatic heterocycles. The van der Waals surface area contributed by atoms with Gasteiger partial charge in [-0.05, 0) is 25.0 Å². The first-order valence-electron chi connectivity index (χ1n) is 6.31. The van der Waals surface area contributed by atoms with E-state index in [0.29, 0.717) is 19.4 Å². The Balaban J connectivity index is 2.06. The molecule has 20 heavy (non-hydrogen) atoms. The molecule has 0 unspecified atom stereocenters. The van der Waals surface area contributed by atoms with Gasteiger partial charge in [0.05, 0.1) is 12.2 Å². The molecule has 0 aliphatic carbocycles. The van der Waals surface area contributed by atoms with Gasteiger partial charge in [-0.1, -0.05) is 0 Å². The number of carbonyl (C=O) groups excluding carboxylic acids is 1. The van der Waals surface area contributed by atoms with Crippen LogP contribution in [0.25, 0.3) is 0 Å². The number of rotatable bonds is 3. The number of piperidine rings is 1. The molecule has 1 aromatic rings. The van der Waals surface area contributed by atoms with Crippen molar-refractivity contribution in [2.75, 3.05) is 24.7 Å². The maximum Gasteiger partial charge on any atom is 0.271 e. The summed E-state index contributed by atoms with van der Waals surface area (Å²) >= 11 is 0. The zero-order valence-electron chi connectivity index (χ0n) is 11.1. The second-order valence-electron chi connectivity index (χ2n) is 4.86. The topological polar surface area (TPSA) is 99.3 Å². The van der Waals surface area contributed by atoms with Gasteiger partial charge in [0, 0.05) is 19.3 Å². The molecule has 0 spiro atoms. The predicted octanol–water partition coefficient (Wildman–Crippen LogP) is -0.0150. The molecule has 0 bridgehead atoms. The Morgan fingerprint density at radius 2 is 2.25 bits per heavy atom. The highest BCUT2D eigenvalue weighted by Crippen LogP contribution is 2.19. The van der Waals surface area contributed by atoms with Crippen molar-refractivity contribution < 1.29 is 13.2 Å². The minimum Gasteiger partial charge on any atom is -0.327 e. The fourth-order valence-electron chi connectivity index (χ4n) is 2.21. The molecular formula is C12H17N3O4S. The van der Waals surface area contributed by atoms with Gasteiger partial charge in [-0.3, -0.25) is 9.59 Å². The van der Waals surface area contributed by atoms with Crippen molar-refractivity contribution in [3.05, 3.63) is 28.7 Å². The lowest BCUT2D eigenvalue weighted by Gasteiger charge is -2.29. The Bertz CT molecular complexity index is 653. The van der Waals surface area contributed by atoms with Crippen LogP contribution in [0.1, 0.15) is 12.8 Å². The second kappa shape index (κ2) is 5.76. The molecular weight excluding hydrogens is 282 g/mol. The summed E-state index contributed by atoms with van der Waals surface area (Å²) in [7, 11) is -3.29. The van der Waals surface area contributed by atoms with Gasteiger partial charge in [0.1, 0.15) is 5.69 Å². The van der Waals surface area contributed by atoms with Gasteiger partial charge in [0.15, 0.2) is 0 Å². The van der Waals surface area contributed by atoms with Crippen LogP contribution in [0.4, 0.5) is 5.69 Å². The van der Waals surface area contributed by atoms with Gasteiger partial charge in [-0.25, -0.2) is 12.7 Å². The van der Waals surface area contributed by atoms with Crippen LogP contribution in [-0.4, -0.2) is 43.0 Å². The second-order valence-corrected chi connectivity index (χ2v) is 6.84. The number of hydrogen-bond donors (Lipinski definition) is 2. The minimum atomic E-state index is -3.29. The first-order chi connectivity index (χ1) is 9.38. The molecule has 2 N–H and O–H groups in total. The third-order valence-electron chi connectivity index (χ3n) is 3.30. The SMILES string of the molecule is CS(=O)(=O)N1CCC[C@@H](C(=O)Nc2ccc[nH]c2=O)C1. The van der Waals surface area contributed by atoms with Crippen LogP contribution in [0.5, 0.6) is 0 Å². The summed E-state index contributed by atoms with van der Waals surface area (Å²) in [6.45, 7) is 0.601. The van der Waals surface area contributed by atoms with E-state index in [1.807, 2.05) is 0 Å². The Labute approximate surface area is 117 Å². The molecule has 8 heteroatoms. The average Bonchev–Trinajstić information content (AvgIpc) is 2.40. The number of pyridine rings is 1. The summed E-state index contributed by atoms with van der Waals surface area (Å²) in [6, 6.07) is 3.12. The number of amides is 1. The van der Waals surface area contributed by atoms with Gasteiger partial charge in [-0.2, -0.15) is 0 Å². The molecule has 1 atom stereocenters. The van der Waals surface area contributed by atoms with Crippen LogP contribution in [0.3, 0.4) is 0 Å². The molecule has 7 nitrogen and oxygen atoms in total. The lowest BCUT2D eigenvalue weighted by atomic mass is 9.99. The Hall–Kier alpha value is -1.67. The van der Waals surface area contributed by atoms with Crippen molar-refractivity contribution >= 4 is 21.6 Å². The van der Waals surface area contributed by atoms with E-state index in [2.05, 4.69) is 10.3 Å². The maximum atomic E-state index is 12.1. The lowest BCUT2D eigenvalue weighted by molar-refractivity contribution is -0.120. The number of carbonyl (C=O) groups is 1. The summed E-state index contributed by atoms with van der Waals surface area (Å²) in [5.41, 5.74) is -0.203. The number of nitrogens with zero attached hydrogens (tertiary/aromatic N) is 1. The molecule has 110 valence electrons. The van der Waals surface area contributed by atoms with E-state index in [4.69, 9.17) is 0 Å². The third kappa shape index (κ3) is 3.45. The van der Waals surface area contributed by atoms with Gasteiger partial charge in [0.2, 0.25) is 15.9 Å². The molecule has 0 aromatic carbocycles. The van der Waals surface area contributed by atoms with Gasteiger partial charge >= 0.3 is 0 Å². The molecule has 1 fully saturated rings. The van der Waals surface area contributed by atoms with Crippen LogP contribution in [0.15, 0.2) is 23.1 Å². The van der Waals surface area contributed by atoms with E-state index in [9.17, 15) is 18.0 Å². The highest BCUT2D eigenvalue weighted by molar-refractivity contribution is 7.88. The monoisotopic (exact) mass is 299 g/mol. The summed E-state index contributed by atoms with van der Waals surface area (Å²) in [4.78, 5) is 26.1. The Morgan fingerprint density at radius 3 is 2.90 bits per heavy atom.